The first kappa shape index (κ1) is 20.0. The van der Waals surface area contributed by atoms with Gasteiger partial charge in [0.1, 0.15) is 5.75 Å². The van der Waals surface area contributed by atoms with E-state index in [2.05, 4.69) is 15.6 Å². The predicted molar refractivity (Wildman–Crippen MR) is 102 cm³/mol. The minimum Gasteiger partial charge on any atom is -0.497 e. The number of carbonyl (C=O) groups excluding carboxylic acids is 2. The highest BCUT2D eigenvalue weighted by Crippen LogP contribution is 2.22. The average Bonchev–Trinajstić information content (AvgIpc) is 2.63. The second-order valence-electron chi connectivity index (χ2n) is 5.93. The average molecular weight is 381 g/mol. The van der Waals surface area contributed by atoms with Gasteiger partial charge in [-0.05, 0) is 30.5 Å². The Morgan fingerprint density at radius 3 is 2.54 bits per heavy atom. The fraction of sp³-hybridized carbons (Fsp3) is 0.500. The van der Waals surface area contributed by atoms with Gasteiger partial charge in [0, 0.05) is 44.5 Å². The topological polar surface area (TPSA) is 83.0 Å². The molecule has 0 radical (unpaired) electrons. The molecule has 1 aromatic rings. The molecule has 2 rings (SSSR count). The Hall–Kier alpha value is -2.28. The van der Waals surface area contributed by atoms with Crippen molar-refractivity contribution >= 4 is 29.4 Å². The SMILES string of the molecule is CN=C(NCCc1ccc(OC)cc1Cl)NCCN1C(=O)CCCC1=O. The van der Waals surface area contributed by atoms with Crippen molar-refractivity contribution in [1.29, 1.82) is 0 Å². The van der Waals surface area contributed by atoms with Crippen LogP contribution in [0.15, 0.2) is 23.2 Å². The number of likely N-dealkylation sites (tertiary alicyclic amines) is 1. The van der Waals surface area contributed by atoms with Crippen LogP contribution in [0.2, 0.25) is 5.02 Å². The minimum atomic E-state index is -0.0971. The molecule has 1 aliphatic rings. The van der Waals surface area contributed by atoms with Gasteiger partial charge in [-0.2, -0.15) is 0 Å². The van der Waals surface area contributed by atoms with Crippen LogP contribution < -0.4 is 15.4 Å². The second kappa shape index (κ2) is 10.0. The molecule has 1 aromatic carbocycles. The van der Waals surface area contributed by atoms with E-state index in [1.807, 2.05) is 12.1 Å². The van der Waals surface area contributed by atoms with Crippen LogP contribution in [0.5, 0.6) is 5.75 Å². The number of aliphatic imine (C=N–C) groups is 1. The van der Waals surface area contributed by atoms with Crippen molar-refractivity contribution in [2.75, 3.05) is 33.8 Å². The third-order valence-corrected chi connectivity index (χ3v) is 4.53. The highest BCUT2D eigenvalue weighted by molar-refractivity contribution is 6.31. The molecule has 0 spiro atoms. The molecule has 1 aliphatic heterocycles. The number of nitrogens with zero attached hydrogens (tertiary/aromatic N) is 2. The highest BCUT2D eigenvalue weighted by atomic mass is 35.5. The Balaban J connectivity index is 1.74. The number of piperidine rings is 1. The summed E-state index contributed by atoms with van der Waals surface area (Å²) in [6, 6.07) is 5.60. The van der Waals surface area contributed by atoms with Crippen LogP contribution in [0.3, 0.4) is 0 Å². The van der Waals surface area contributed by atoms with Crippen LogP contribution in [0, 0.1) is 0 Å². The Morgan fingerprint density at radius 2 is 1.92 bits per heavy atom. The number of methoxy groups -OCH3 is 1. The summed E-state index contributed by atoms with van der Waals surface area (Å²) in [4.78, 5) is 29.0. The summed E-state index contributed by atoms with van der Waals surface area (Å²) in [7, 11) is 3.28. The lowest BCUT2D eigenvalue weighted by atomic mass is 10.1. The smallest absolute Gasteiger partial charge is 0.229 e. The Kier molecular flexibility index (Phi) is 7.72. The lowest BCUT2D eigenvalue weighted by molar-refractivity contribution is -0.147. The molecule has 0 unspecified atom stereocenters. The number of ether oxygens (including phenoxy) is 1. The summed E-state index contributed by atoms with van der Waals surface area (Å²) in [5, 5.41) is 6.97. The molecule has 8 heteroatoms. The molecule has 0 aromatic heterocycles. The van der Waals surface area contributed by atoms with Gasteiger partial charge in [0.25, 0.3) is 0 Å². The van der Waals surface area contributed by atoms with E-state index >= 15 is 0 Å². The maximum absolute atomic E-state index is 11.8. The second-order valence-corrected chi connectivity index (χ2v) is 6.33. The van der Waals surface area contributed by atoms with Gasteiger partial charge in [0.05, 0.1) is 7.11 Å². The number of hydrogen-bond donors (Lipinski definition) is 2. The fourth-order valence-electron chi connectivity index (χ4n) is 2.73. The molecule has 1 heterocycles. The molecule has 0 bridgehead atoms. The van der Waals surface area contributed by atoms with E-state index in [0.29, 0.717) is 49.9 Å². The number of halogens is 1. The third kappa shape index (κ3) is 5.62. The first-order valence-electron chi connectivity index (χ1n) is 8.65. The monoisotopic (exact) mass is 380 g/mol. The van der Waals surface area contributed by atoms with Gasteiger partial charge < -0.3 is 15.4 Å². The lowest BCUT2D eigenvalue weighted by Gasteiger charge is -2.25. The molecule has 2 amide bonds. The molecule has 0 saturated carbocycles. The zero-order valence-corrected chi connectivity index (χ0v) is 15.9. The molecular weight excluding hydrogens is 356 g/mol. The van der Waals surface area contributed by atoms with Crippen LogP contribution in [-0.2, 0) is 16.0 Å². The maximum Gasteiger partial charge on any atom is 0.229 e. The van der Waals surface area contributed by atoms with Gasteiger partial charge >= 0.3 is 0 Å². The van der Waals surface area contributed by atoms with Gasteiger partial charge in [0.2, 0.25) is 11.8 Å². The van der Waals surface area contributed by atoms with Crippen LogP contribution in [0.25, 0.3) is 0 Å². The van der Waals surface area contributed by atoms with Crippen LogP contribution in [0.1, 0.15) is 24.8 Å². The van der Waals surface area contributed by atoms with Crippen molar-refractivity contribution < 1.29 is 14.3 Å². The van der Waals surface area contributed by atoms with Gasteiger partial charge in [-0.3, -0.25) is 19.5 Å². The summed E-state index contributed by atoms with van der Waals surface area (Å²) >= 11 is 6.23. The first-order valence-corrected chi connectivity index (χ1v) is 9.03. The van der Waals surface area contributed by atoms with Crippen LogP contribution >= 0.6 is 11.6 Å². The van der Waals surface area contributed by atoms with Gasteiger partial charge in [-0.1, -0.05) is 17.7 Å². The lowest BCUT2D eigenvalue weighted by Crippen LogP contribution is -2.46. The summed E-state index contributed by atoms with van der Waals surface area (Å²) in [5.74, 6) is 1.15. The summed E-state index contributed by atoms with van der Waals surface area (Å²) in [6.45, 7) is 1.45. The van der Waals surface area contributed by atoms with E-state index in [0.717, 1.165) is 17.7 Å². The predicted octanol–water partition coefficient (Wildman–Crippen LogP) is 1.60. The summed E-state index contributed by atoms with van der Waals surface area (Å²) in [5.41, 5.74) is 1.01. The minimum absolute atomic E-state index is 0.0971. The number of rotatable bonds is 7. The summed E-state index contributed by atoms with van der Waals surface area (Å²) < 4.78 is 5.14. The van der Waals surface area contributed by atoms with E-state index in [1.54, 1.807) is 20.2 Å². The molecule has 26 heavy (non-hydrogen) atoms. The van der Waals surface area contributed by atoms with Crippen molar-refractivity contribution in [3.8, 4) is 5.75 Å². The molecule has 2 N–H and O–H groups in total. The molecule has 1 saturated heterocycles. The first-order chi connectivity index (χ1) is 12.5. The van der Waals surface area contributed by atoms with E-state index in [1.165, 1.54) is 4.90 Å². The molecule has 0 aliphatic carbocycles. The number of hydrogen-bond acceptors (Lipinski definition) is 4. The number of carbonyl (C=O) groups is 2. The number of nitrogens with one attached hydrogen (secondary N) is 2. The molecular formula is C18H25ClN4O3. The van der Waals surface area contributed by atoms with Crippen molar-refractivity contribution in [2.45, 2.75) is 25.7 Å². The quantitative estimate of drug-likeness (QED) is 0.426. The van der Waals surface area contributed by atoms with E-state index in [9.17, 15) is 9.59 Å². The molecule has 142 valence electrons. The molecule has 7 nitrogen and oxygen atoms in total. The Bertz CT molecular complexity index is 662. The summed E-state index contributed by atoms with van der Waals surface area (Å²) in [6.07, 6.45) is 2.27. The van der Waals surface area contributed by atoms with Crippen molar-refractivity contribution in [2.24, 2.45) is 4.99 Å². The zero-order chi connectivity index (χ0) is 18.9. The number of imide groups is 1. The Labute approximate surface area is 158 Å². The third-order valence-electron chi connectivity index (χ3n) is 4.18. The normalized spacial score (nSPS) is 15.2. The Morgan fingerprint density at radius 1 is 1.23 bits per heavy atom. The van der Waals surface area contributed by atoms with Crippen molar-refractivity contribution in [3.63, 3.8) is 0 Å². The number of guanidine groups is 1. The van der Waals surface area contributed by atoms with Crippen molar-refractivity contribution in [3.05, 3.63) is 28.8 Å². The van der Waals surface area contributed by atoms with Crippen LogP contribution in [-0.4, -0.2) is 56.5 Å². The van der Waals surface area contributed by atoms with Gasteiger partial charge in [0.15, 0.2) is 5.96 Å². The van der Waals surface area contributed by atoms with Crippen molar-refractivity contribution in [1.82, 2.24) is 15.5 Å². The standard InChI is InChI=1S/C18H25ClN4O3/c1-20-18(22-10-11-23-16(24)4-3-5-17(23)25)21-9-8-13-6-7-14(26-2)12-15(13)19/h6-7,12H,3-5,8-11H2,1-2H3,(H2,20,21,22). The van der Waals surface area contributed by atoms with E-state index in [4.69, 9.17) is 16.3 Å². The molecule has 0 atom stereocenters. The fourth-order valence-corrected chi connectivity index (χ4v) is 2.99. The largest absolute Gasteiger partial charge is 0.497 e. The molecule has 1 fully saturated rings. The van der Waals surface area contributed by atoms with Gasteiger partial charge in [-0.15, -0.1) is 0 Å². The van der Waals surface area contributed by atoms with Crippen LogP contribution in [0.4, 0.5) is 0 Å². The van der Waals surface area contributed by atoms with E-state index < -0.39 is 0 Å². The zero-order valence-electron chi connectivity index (χ0n) is 15.2. The number of amides is 2. The van der Waals surface area contributed by atoms with E-state index in [-0.39, 0.29) is 11.8 Å². The maximum atomic E-state index is 11.8. The number of benzene rings is 1. The van der Waals surface area contributed by atoms with Gasteiger partial charge in [-0.25, -0.2) is 0 Å². The highest BCUT2D eigenvalue weighted by Gasteiger charge is 2.25.